The van der Waals surface area contributed by atoms with Crippen LogP contribution < -0.4 is 9.47 Å². The smallest absolute Gasteiger partial charge is 0.118 e. The summed E-state index contributed by atoms with van der Waals surface area (Å²) in [6.07, 6.45) is 0. The average molecular weight is 425 g/mol. The fraction of sp³-hybridized carbons (Fsp3) is 0.143. The number of methoxy groups -OCH3 is 2. The summed E-state index contributed by atoms with van der Waals surface area (Å²) in [4.78, 5) is 0. The van der Waals surface area contributed by atoms with Gasteiger partial charge in [-0.1, -0.05) is 84.9 Å². The molecule has 0 unspecified atom stereocenters. The maximum absolute atomic E-state index is 5.43. The summed E-state index contributed by atoms with van der Waals surface area (Å²) in [7, 11) is 3.42. The zero-order chi connectivity index (χ0) is 21.3. The first-order valence-corrected chi connectivity index (χ1v) is 11.2. The predicted octanol–water partition coefficient (Wildman–Crippen LogP) is 6.64. The average Bonchev–Trinajstić information content (AvgIpc) is 3.58. The van der Waals surface area contributed by atoms with Gasteiger partial charge in [0.25, 0.3) is 0 Å². The van der Waals surface area contributed by atoms with Gasteiger partial charge in [-0.3, -0.25) is 0 Å². The van der Waals surface area contributed by atoms with Gasteiger partial charge in [-0.2, -0.15) is 0 Å². The largest absolute Gasteiger partial charge is 0.497 e. The molecule has 1 fully saturated rings. The van der Waals surface area contributed by atoms with Gasteiger partial charge in [0.05, 0.1) is 23.7 Å². The Kier molecular flexibility index (Phi) is 4.99. The van der Waals surface area contributed by atoms with Gasteiger partial charge in [-0.15, -0.1) is 11.8 Å². The quantitative estimate of drug-likeness (QED) is 0.323. The van der Waals surface area contributed by atoms with Gasteiger partial charge in [0, 0.05) is 0 Å². The van der Waals surface area contributed by atoms with E-state index in [-0.39, 0.29) is 9.49 Å². The lowest BCUT2D eigenvalue weighted by Gasteiger charge is -2.26. The van der Waals surface area contributed by atoms with E-state index < -0.39 is 0 Å². The summed E-state index contributed by atoms with van der Waals surface area (Å²) < 4.78 is 10.4. The molecule has 154 valence electrons. The van der Waals surface area contributed by atoms with E-state index >= 15 is 0 Å². The molecule has 0 N–H and O–H groups in total. The van der Waals surface area contributed by atoms with Crippen molar-refractivity contribution in [2.45, 2.75) is 9.49 Å². The normalized spacial score (nSPS) is 22.0. The summed E-state index contributed by atoms with van der Waals surface area (Å²) in [5.41, 5.74) is 5.13. The standard InChI is InChI=1S/C28H24O2S/c1-29-25-17-13-23(14-18-25)27(21-9-5-3-6-10-21)28(31-27,22-11-7-4-8-12-22)24-15-19-26(30-2)20-16-24/h3-20H,1-2H3/t27-,28-/m0/s1. The molecule has 0 radical (unpaired) electrons. The zero-order valence-corrected chi connectivity index (χ0v) is 18.4. The molecule has 1 heterocycles. The van der Waals surface area contributed by atoms with E-state index in [9.17, 15) is 0 Å². The van der Waals surface area contributed by atoms with E-state index in [4.69, 9.17) is 9.47 Å². The lowest BCUT2D eigenvalue weighted by atomic mass is 9.74. The van der Waals surface area contributed by atoms with Crippen molar-refractivity contribution in [3.05, 3.63) is 131 Å². The molecular formula is C28H24O2S. The van der Waals surface area contributed by atoms with Crippen LogP contribution in [0.25, 0.3) is 0 Å². The molecule has 1 aliphatic heterocycles. The number of rotatable bonds is 6. The third-order valence-electron chi connectivity index (χ3n) is 6.11. The number of hydrogen-bond donors (Lipinski definition) is 0. The Morgan fingerprint density at radius 2 is 0.774 bits per heavy atom. The molecule has 0 aromatic heterocycles. The van der Waals surface area contributed by atoms with E-state index in [1.54, 1.807) is 14.2 Å². The van der Waals surface area contributed by atoms with E-state index in [0.717, 1.165) is 11.5 Å². The van der Waals surface area contributed by atoms with Crippen molar-refractivity contribution in [3.8, 4) is 11.5 Å². The van der Waals surface area contributed by atoms with Crippen LogP contribution in [0.4, 0.5) is 0 Å². The van der Waals surface area contributed by atoms with Crippen LogP contribution in [0.1, 0.15) is 22.3 Å². The highest BCUT2D eigenvalue weighted by Crippen LogP contribution is 2.80. The first-order valence-electron chi connectivity index (χ1n) is 10.3. The molecule has 0 bridgehead atoms. The highest BCUT2D eigenvalue weighted by atomic mass is 32.2. The van der Waals surface area contributed by atoms with E-state index in [0.29, 0.717) is 0 Å². The lowest BCUT2D eigenvalue weighted by molar-refractivity contribution is 0.414. The Hall–Kier alpha value is -3.17. The zero-order valence-electron chi connectivity index (χ0n) is 17.6. The summed E-state index contributed by atoms with van der Waals surface area (Å²) in [5, 5.41) is 0. The van der Waals surface area contributed by atoms with Gasteiger partial charge in [0.2, 0.25) is 0 Å². The number of thioether (sulfide) groups is 1. The SMILES string of the molecule is COc1ccc([C@]2(c3ccccc3)S[C@@]2(c2ccccc2)c2ccc(OC)cc2)cc1. The highest BCUT2D eigenvalue weighted by molar-refractivity contribution is 8.09. The molecule has 1 aliphatic rings. The van der Waals surface area contributed by atoms with Gasteiger partial charge < -0.3 is 9.47 Å². The Labute approximate surface area is 187 Å². The first-order chi connectivity index (χ1) is 15.2. The Balaban J connectivity index is 1.77. The van der Waals surface area contributed by atoms with Crippen molar-refractivity contribution in [2.75, 3.05) is 14.2 Å². The van der Waals surface area contributed by atoms with Gasteiger partial charge in [0.1, 0.15) is 11.5 Å². The molecule has 5 rings (SSSR count). The number of benzene rings is 4. The van der Waals surface area contributed by atoms with Gasteiger partial charge in [-0.05, 0) is 46.5 Å². The van der Waals surface area contributed by atoms with Crippen molar-refractivity contribution in [3.63, 3.8) is 0 Å². The molecule has 0 spiro atoms. The second-order valence-corrected chi connectivity index (χ2v) is 9.08. The van der Waals surface area contributed by atoms with Crippen LogP contribution in [-0.4, -0.2) is 14.2 Å². The van der Waals surface area contributed by atoms with Crippen LogP contribution in [0.3, 0.4) is 0 Å². The van der Waals surface area contributed by atoms with Crippen LogP contribution in [0.2, 0.25) is 0 Å². The Morgan fingerprint density at radius 1 is 0.452 bits per heavy atom. The second kappa shape index (κ2) is 7.82. The summed E-state index contributed by atoms with van der Waals surface area (Å²) >= 11 is 1.99. The van der Waals surface area contributed by atoms with E-state index in [2.05, 4.69) is 109 Å². The topological polar surface area (TPSA) is 18.5 Å². The van der Waals surface area contributed by atoms with Gasteiger partial charge in [0.15, 0.2) is 0 Å². The lowest BCUT2D eigenvalue weighted by Crippen LogP contribution is -2.25. The van der Waals surface area contributed by atoms with E-state index in [1.807, 2.05) is 11.8 Å². The van der Waals surface area contributed by atoms with E-state index in [1.165, 1.54) is 22.3 Å². The minimum absolute atomic E-state index is 0.240. The minimum Gasteiger partial charge on any atom is -0.497 e. The Bertz CT molecular complexity index is 1060. The maximum atomic E-state index is 5.43. The van der Waals surface area contributed by atoms with Crippen molar-refractivity contribution in [1.82, 2.24) is 0 Å². The maximum Gasteiger partial charge on any atom is 0.118 e. The minimum atomic E-state index is -0.240. The molecule has 1 saturated heterocycles. The van der Waals surface area contributed by atoms with Gasteiger partial charge >= 0.3 is 0 Å². The number of ether oxygens (including phenoxy) is 2. The summed E-state index contributed by atoms with van der Waals surface area (Å²) in [6.45, 7) is 0. The molecule has 4 aromatic rings. The summed E-state index contributed by atoms with van der Waals surface area (Å²) in [6, 6.07) is 38.7. The number of hydrogen-bond acceptors (Lipinski definition) is 3. The molecule has 3 heteroatoms. The van der Waals surface area contributed by atoms with Crippen LogP contribution in [0.15, 0.2) is 109 Å². The van der Waals surface area contributed by atoms with Crippen molar-refractivity contribution in [2.24, 2.45) is 0 Å². The van der Waals surface area contributed by atoms with Crippen molar-refractivity contribution < 1.29 is 9.47 Å². The highest BCUT2D eigenvalue weighted by Gasteiger charge is 2.72. The van der Waals surface area contributed by atoms with Crippen molar-refractivity contribution >= 4 is 11.8 Å². The fourth-order valence-corrected chi connectivity index (χ4v) is 6.48. The van der Waals surface area contributed by atoms with Gasteiger partial charge in [-0.25, -0.2) is 0 Å². The molecule has 0 aliphatic carbocycles. The van der Waals surface area contributed by atoms with Crippen LogP contribution in [-0.2, 0) is 9.49 Å². The molecule has 2 atom stereocenters. The molecule has 4 aromatic carbocycles. The van der Waals surface area contributed by atoms with Crippen LogP contribution >= 0.6 is 11.8 Å². The molecule has 0 amide bonds. The monoisotopic (exact) mass is 424 g/mol. The molecular weight excluding hydrogens is 400 g/mol. The molecule has 31 heavy (non-hydrogen) atoms. The third-order valence-corrected chi connectivity index (χ3v) is 8.08. The Morgan fingerprint density at radius 3 is 1.10 bits per heavy atom. The predicted molar refractivity (Wildman–Crippen MR) is 128 cm³/mol. The molecule has 0 saturated carbocycles. The summed E-state index contributed by atoms with van der Waals surface area (Å²) in [5.74, 6) is 1.74. The third kappa shape index (κ3) is 3.03. The first kappa shape index (κ1) is 19.8. The second-order valence-electron chi connectivity index (χ2n) is 7.65. The fourth-order valence-electron chi connectivity index (χ4n) is 4.58. The molecule has 2 nitrogen and oxygen atoms in total. The van der Waals surface area contributed by atoms with Crippen molar-refractivity contribution in [1.29, 1.82) is 0 Å². The van der Waals surface area contributed by atoms with Crippen LogP contribution in [0, 0.1) is 0 Å². The van der Waals surface area contributed by atoms with Crippen LogP contribution in [0.5, 0.6) is 11.5 Å².